The minimum absolute atomic E-state index is 0.364. The molecule has 0 spiro atoms. The van der Waals surface area contributed by atoms with E-state index in [0.29, 0.717) is 16.2 Å². The van der Waals surface area contributed by atoms with E-state index in [1.54, 1.807) is 24.3 Å². The van der Waals surface area contributed by atoms with Gasteiger partial charge >= 0.3 is 0 Å². The molecule has 1 aromatic rings. The molecular formula is C17H20O2S. The van der Waals surface area contributed by atoms with Gasteiger partial charge in [-0.1, -0.05) is 24.3 Å². The van der Waals surface area contributed by atoms with Crippen LogP contribution in [0.15, 0.2) is 60.0 Å². The molecule has 0 aliphatic heterocycles. The minimum atomic E-state index is -3.38. The van der Waals surface area contributed by atoms with E-state index in [1.807, 2.05) is 12.1 Å². The van der Waals surface area contributed by atoms with Gasteiger partial charge in [0, 0.05) is 36.7 Å². The number of rotatable bonds is 5. The van der Waals surface area contributed by atoms with E-state index in [9.17, 15) is 8.76 Å². The zero-order valence-corrected chi connectivity index (χ0v) is 12.5. The van der Waals surface area contributed by atoms with Crippen LogP contribution in [0.2, 0.25) is 0 Å². The normalized spacial score (nSPS) is 18.1. The monoisotopic (exact) mass is 288 g/mol. The molecule has 1 saturated carbocycles. The Morgan fingerprint density at radius 3 is 2.70 bits per heavy atom. The summed E-state index contributed by atoms with van der Waals surface area (Å²) < 4.78 is 25.2. The number of benzene rings is 1. The van der Waals surface area contributed by atoms with Crippen molar-refractivity contribution < 1.29 is 8.76 Å². The molecule has 0 amide bonds. The van der Waals surface area contributed by atoms with Crippen LogP contribution in [0.5, 0.6) is 0 Å². The van der Waals surface area contributed by atoms with Crippen molar-refractivity contribution in [2.45, 2.75) is 37.0 Å². The third-order valence-electron chi connectivity index (χ3n) is 3.68. The predicted octanol–water partition coefficient (Wildman–Crippen LogP) is 3.91. The average molecular weight is 288 g/mol. The molecule has 106 valence electrons. The first-order valence-corrected chi connectivity index (χ1v) is 8.37. The molecule has 0 saturated heterocycles. The maximum atomic E-state index is 12.6. The predicted molar refractivity (Wildman–Crippen MR) is 84.3 cm³/mol. The standard InChI is InChI=1S/C17H20O2S/c1-3-4-6-9-15-12-13-17(14(15)2)20(18,19)16-10-7-5-8-11-16/h3,5,7-8,10-11H,1-2,4,6,9,12-13H2. The van der Waals surface area contributed by atoms with E-state index in [0.717, 1.165) is 31.3 Å². The van der Waals surface area contributed by atoms with Gasteiger partial charge in [-0.05, 0) is 34.8 Å². The highest BCUT2D eigenvalue weighted by Gasteiger charge is 2.34. The summed E-state index contributed by atoms with van der Waals surface area (Å²) in [5.74, 6) is 1.18. The van der Waals surface area contributed by atoms with Gasteiger partial charge in [0.25, 0.3) is 0 Å². The van der Waals surface area contributed by atoms with Gasteiger partial charge in [0.1, 0.15) is 10.4 Å². The second kappa shape index (κ2) is 6.33. The Bertz CT molecular complexity index is 607. The Kier molecular flexibility index (Phi) is 4.73. The fourth-order valence-electron chi connectivity index (χ4n) is 2.54. The van der Waals surface area contributed by atoms with Gasteiger partial charge in [0.2, 0.25) is 0 Å². The smallest absolute Gasteiger partial charge is 0.135 e. The van der Waals surface area contributed by atoms with Gasteiger partial charge in [-0.2, -0.15) is 0 Å². The average Bonchev–Trinajstić information content (AvgIpc) is 2.82. The maximum Gasteiger partial charge on any atom is 0.135 e. The molecule has 20 heavy (non-hydrogen) atoms. The van der Waals surface area contributed by atoms with E-state index in [2.05, 4.69) is 13.2 Å². The highest BCUT2D eigenvalue weighted by molar-refractivity contribution is 7.97. The van der Waals surface area contributed by atoms with Crippen molar-refractivity contribution in [1.82, 2.24) is 0 Å². The summed E-state index contributed by atoms with van der Waals surface area (Å²) in [5.41, 5.74) is 0.734. The highest BCUT2D eigenvalue weighted by Crippen LogP contribution is 2.35. The van der Waals surface area contributed by atoms with Crippen LogP contribution in [0.25, 0.3) is 0 Å². The lowest BCUT2D eigenvalue weighted by Gasteiger charge is -2.16. The summed E-state index contributed by atoms with van der Waals surface area (Å²) in [5, 5.41) is 0. The number of hydrogen-bond donors (Lipinski definition) is 0. The molecule has 3 heteroatoms. The topological polar surface area (TPSA) is 40.1 Å². The molecule has 1 aromatic carbocycles. The lowest BCUT2D eigenvalue weighted by atomic mass is 9.97. The Morgan fingerprint density at radius 1 is 1.35 bits per heavy atom. The Balaban J connectivity index is 2.25. The maximum absolute atomic E-state index is 12.6. The zero-order chi connectivity index (χ0) is 14.6. The SMILES string of the molecule is C=CCCC[C+]1CCC(=S(=O)([O-])c2ccccc2)C1=C. The Hall–Kier alpha value is -1.45. The Morgan fingerprint density at radius 2 is 2.05 bits per heavy atom. The lowest BCUT2D eigenvalue weighted by molar-refractivity contribution is 0.531. The molecule has 2 rings (SSSR count). The van der Waals surface area contributed by atoms with Crippen molar-refractivity contribution in [3.8, 4) is 0 Å². The van der Waals surface area contributed by atoms with Crippen LogP contribution < -0.4 is 0 Å². The summed E-state index contributed by atoms with van der Waals surface area (Å²) in [6.07, 6.45) is 6.17. The van der Waals surface area contributed by atoms with Crippen LogP contribution in [0.4, 0.5) is 0 Å². The van der Waals surface area contributed by atoms with Crippen LogP contribution in [0, 0.1) is 5.92 Å². The van der Waals surface area contributed by atoms with Crippen molar-refractivity contribution in [1.29, 1.82) is 0 Å². The van der Waals surface area contributed by atoms with Crippen LogP contribution in [0.3, 0.4) is 0 Å². The van der Waals surface area contributed by atoms with E-state index < -0.39 is 9.80 Å². The first kappa shape index (κ1) is 14.9. The fraction of sp³-hybridized carbons (Fsp3) is 0.294. The molecule has 0 bridgehead atoms. The third-order valence-corrected chi connectivity index (χ3v) is 5.67. The number of unbranched alkanes of at least 4 members (excludes halogenated alkanes) is 1. The molecule has 0 N–H and O–H groups in total. The van der Waals surface area contributed by atoms with E-state index >= 15 is 0 Å². The Labute approximate surface area is 122 Å². The zero-order valence-electron chi connectivity index (χ0n) is 11.6. The van der Waals surface area contributed by atoms with Crippen molar-refractivity contribution in [2.75, 3.05) is 0 Å². The van der Waals surface area contributed by atoms with Gasteiger partial charge in [0.05, 0.1) is 0 Å². The largest absolute Gasteiger partial charge is 0.764 e. The second-order valence-corrected chi connectivity index (χ2v) is 6.97. The lowest BCUT2D eigenvalue weighted by Crippen LogP contribution is -2.13. The van der Waals surface area contributed by atoms with Gasteiger partial charge in [-0.15, -0.1) is 6.58 Å². The van der Waals surface area contributed by atoms with E-state index in [-0.39, 0.29) is 0 Å². The van der Waals surface area contributed by atoms with E-state index in [1.165, 1.54) is 5.92 Å². The van der Waals surface area contributed by atoms with Crippen molar-refractivity contribution in [2.24, 2.45) is 0 Å². The van der Waals surface area contributed by atoms with E-state index in [4.69, 9.17) is 0 Å². The summed E-state index contributed by atoms with van der Waals surface area (Å²) >= 11 is 0. The van der Waals surface area contributed by atoms with Gasteiger partial charge in [-0.25, -0.2) is 0 Å². The quantitative estimate of drug-likeness (QED) is 0.271. The first-order chi connectivity index (χ1) is 9.57. The number of allylic oxidation sites excluding steroid dienone is 2. The van der Waals surface area contributed by atoms with Gasteiger partial charge in [-0.3, -0.25) is 4.21 Å². The molecule has 0 radical (unpaired) electrons. The van der Waals surface area contributed by atoms with Crippen LogP contribution >= 0.6 is 0 Å². The van der Waals surface area contributed by atoms with Crippen LogP contribution in [-0.4, -0.2) is 13.6 Å². The van der Waals surface area contributed by atoms with Crippen LogP contribution in [-0.2, 0) is 9.80 Å². The van der Waals surface area contributed by atoms with Gasteiger partial charge < -0.3 is 4.55 Å². The molecule has 1 fully saturated rings. The molecule has 0 heterocycles. The summed E-state index contributed by atoms with van der Waals surface area (Å²) in [7, 11) is -3.38. The fourth-order valence-corrected chi connectivity index (χ4v) is 4.18. The highest BCUT2D eigenvalue weighted by atomic mass is 32.2. The summed E-state index contributed by atoms with van der Waals surface area (Å²) in [6, 6.07) is 8.61. The first-order valence-electron chi connectivity index (χ1n) is 6.88. The molecule has 2 nitrogen and oxygen atoms in total. The molecule has 1 aliphatic rings. The van der Waals surface area contributed by atoms with Crippen molar-refractivity contribution >= 4 is 14.7 Å². The number of hydrogen-bond acceptors (Lipinski definition) is 2. The second-order valence-electron chi connectivity index (χ2n) is 5.00. The van der Waals surface area contributed by atoms with Crippen molar-refractivity contribution in [3.05, 3.63) is 61.1 Å². The molecule has 0 aromatic heterocycles. The third kappa shape index (κ3) is 3.00. The van der Waals surface area contributed by atoms with Crippen LogP contribution in [0.1, 0.15) is 32.1 Å². The summed E-state index contributed by atoms with van der Waals surface area (Å²) in [4.78, 5) is 0.862. The summed E-state index contributed by atoms with van der Waals surface area (Å²) in [6.45, 7) is 7.71. The van der Waals surface area contributed by atoms with Crippen molar-refractivity contribution in [3.63, 3.8) is 0 Å². The molecule has 1 atom stereocenters. The minimum Gasteiger partial charge on any atom is -0.764 e. The molecular weight excluding hydrogens is 268 g/mol. The molecule has 1 aliphatic carbocycles. The molecule has 1 unspecified atom stereocenters. The van der Waals surface area contributed by atoms with Gasteiger partial charge in [0.15, 0.2) is 0 Å².